The van der Waals surface area contributed by atoms with Gasteiger partial charge in [-0.1, -0.05) is 43.6 Å². The molecule has 10 heteroatoms. The fourth-order valence-electron chi connectivity index (χ4n) is 3.64. The smallest absolute Gasteiger partial charge is 0.244 e. The predicted octanol–water partition coefficient (Wildman–Crippen LogP) is 4.15. The van der Waals surface area contributed by atoms with Crippen LogP contribution in [0.1, 0.15) is 44.7 Å². The highest BCUT2D eigenvalue weighted by Gasteiger charge is 2.32. The maximum Gasteiger partial charge on any atom is 0.244 e. The van der Waals surface area contributed by atoms with Gasteiger partial charge in [-0.3, -0.25) is 13.9 Å². The zero-order chi connectivity index (χ0) is 27.0. The number of rotatable bonds is 12. The SMILES string of the molecule is CC[C@@H](C)NC(=O)[C@H](CC)N(Cc1ccc(OC)cc1)C(=O)CN(c1ccc(C)c(Cl)c1)S(C)(=O)=O. The normalized spacial score (nSPS) is 13.0. The molecule has 1 N–H and O–H groups in total. The first-order valence-corrected chi connectivity index (χ1v) is 14.1. The molecule has 0 aliphatic heterocycles. The van der Waals surface area contributed by atoms with Crippen LogP contribution in [-0.4, -0.2) is 57.1 Å². The van der Waals surface area contributed by atoms with Crippen LogP contribution in [0.5, 0.6) is 5.75 Å². The number of hydrogen-bond acceptors (Lipinski definition) is 5. The van der Waals surface area contributed by atoms with Crippen LogP contribution in [0.25, 0.3) is 0 Å². The number of carbonyl (C=O) groups excluding carboxylic acids is 2. The van der Waals surface area contributed by atoms with Crippen molar-refractivity contribution in [3.63, 3.8) is 0 Å². The van der Waals surface area contributed by atoms with E-state index in [1.54, 1.807) is 38.3 Å². The number of ether oxygens (including phenoxy) is 1. The summed E-state index contributed by atoms with van der Waals surface area (Å²) in [7, 11) is -2.26. The lowest BCUT2D eigenvalue weighted by Gasteiger charge is -2.33. The van der Waals surface area contributed by atoms with Gasteiger partial charge in [-0.2, -0.15) is 0 Å². The van der Waals surface area contributed by atoms with Crippen LogP contribution in [0.3, 0.4) is 0 Å². The van der Waals surface area contributed by atoms with E-state index in [2.05, 4.69) is 5.32 Å². The van der Waals surface area contributed by atoms with Crippen LogP contribution in [0.2, 0.25) is 5.02 Å². The minimum absolute atomic E-state index is 0.0632. The lowest BCUT2D eigenvalue weighted by Crippen LogP contribution is -2.53. The standard InChI is InChI=1S/C26H36ClN3O5S/c1-7-19(4)28-26(32)24(8-2)29(16-20-10-13-22(35-5)14-11-20)25(31)17-30(36(6,33)34)21-12-9-18(3)23(27)15-21/h9-15,19,24H,7-8,16-17H2,1-6H3,(H,28,32)/t19-,24+/m1/s1. The highest BCUT2D eigenvalue weighted by molar-refractivity contribution is 7.92. The zero-order valence-corrected chi connectivity index (χ0v) is 23.3. The number of aryl methyl sites for hydroxylation is 1. The molecule has 0 aromatic heterocycles. The summed E-state index contributed by atoms with van der Waals surface area (Å²) >= 11 is 6.24. The molecule has 0 radical (unpaired) electrons. The molecule has 0 fully saturated rings. The second-order valence-corrected chi connectivity index (χ2v) is 11.1. The minimum Gasteiger partial charge on any atom is -0.497 e. The van der Waals surface area contributed by atoms with Crippen LogP contribution in [0, 0.1) is 6.92 Å². The topological polar surface area (TPSA) is 96.0 Å². The third kappa shape index (κ3) is 7.86. The maximum atomic E-state index is 13.7. The average Bonchev–Trinajstić information content (AvgIpc) is 2.83. The number of sulfonamides is 1. The first-order chi connectivity index (χ1) is 16.9. The predicted molar refractivity (Wildman–Crippen MR) is 144 cm³/mol. The lowest BCUT2D eigenvalue weighted by molar-refractivity contribution is -0.140. The van der Waals surface area contributed by atoms with Gasteiger partial charge in [-0.15, -0.1) is 0 Å². The monoisotopic (exact) mass is 537 g/mol. The van der Waals surface area contributed by atoms with Crippen molar-refractivity contribution in [1.82, 2.24) is 10.2 Å². The van der Waals surface area contributed by atoms with E-state index in [9.17, 15) is 18.0 Å². The van der Waals surface area contributed by atoms with Gasteiger partial charge < -0.3 is 15.0 Å². The molecule has 0 heterocycles. The number of nitrogens with zero attached hydrogens (tertiary/aromatic N) is 2. The third-order valence-corrected chi connectivity index (χ3v) is 7.57. The molecular formula is C26H36ClN3O5S. The van der Waals surface area contributed by atoms with Crippen molar-refractivity contribution < 1.29 is 22.7 Å². The Morgan fingerprint density at radius 3 is 2.22 bits per heavy atom. The van der Waals surface area contributed by atoms with Gasteiger partial charge in [0.2, 0.25) is 21.8 Å². The highest BCUT2D eigenvalue weighted by atomic mass is 35.5. The molecule has 2 aromatic carbocycles. The lowest BCUT2D eigenvalue weighted by atomic mass is 10.1. The van der Waals surface area contributed by atoms with Gasteiger partial charge in [0.25, 0.3) is 0 Å². The number of nitrogens with one attached hydrogen (secondary N) is 1. The number of methoxy groups -OCH3 is 1. The summed E-state index contributed by atoms with van der Waals surface area (Å²) in [6.07, 6.45) is 2.14. The molecular weight excluding hydrogens is 502 g/mol. The van der Waals surface area contributed by atoms with E-state index >= 15 is 0 Å². The fourth-order valence-corrected chi connectivity index (χ4v) is 4.66. The molecule has 0 aliphatic rings. The quantitative estimate of drug-likeness (QED) is 0.439. The van der Waals surface area contributed by atoms with Crippen molar-refractivity contribution in [3.8, 4) is 5.75 Å². The Hall–Kier alpha value is -2.78. The van der Waals surface area contributed by atoms with E-state index in [1.165, 1.54) is 11.0 Å². The van der Waals surface area contributed by atoms with Crippen LogP contribution in [-0.2, 0) is 26.2 Å². The van der Waals surface area contributed by atoms with Crippen molar-refractivity contribution in [2.75, 3.05) is 24.2 Å². The fraction of sp³-hybridized carbons (Fsp3) is 0.462. The van der Waals surface area contributed by atoms with Crippen LogP contribution in [0.15, 0.2) is 42.5 Å². The third-order valence-electron chi connectivity index (χ3n) is 6.02. The number of halogens is 1. The zero-order valence-electron chi connectivity index (χ0n) is 21.7. The van der Waals surface area contributed by atoms with E-state index < -0.39 is 28.5 Å². The molecule has 36 heavy (non-hydrogen) atoms. The minimum atomic E-state index is -3.82. The van der Waals surface area contributed by atoms with E-state index in [0.29, 0.717) is 17.2 Å². The number of anilines is 1. The Balaban J connectivity index is 2.45. The van der Waals surface area contributed by atoms with Crippen LogP contribution < -0.4 is 14.4 Å². The van der Waals surface area contributed by atoms with Gasteiger partial charge in [-0.25, -0.2) is 8.42 Å². The molecule has 0 unspecified atom stereocenters. The van der Waals surface area contributed by atoms with E-state index in [1.807, 2.05) is 32.9 Å². The maximum absolute atomic E-state index is 13.7. The van der Waals surface area contributed by atoms with Gasteiger partial charge in [-0.05, 0) is 62.1 Å². The van der Waals surface area contributed by atoms with Gasteiger partial charge in [0.15, 0.2) is 0 Å². The number of carbonyl (C=O) groups is 2. The number of hydrogen-bond donors (Lipinski definition) is 1. The van der Waals surface area contributed by atoms with E-state index in [0.717, 1.165) is 28.1 Å². The molecule has 0 aliphatic carbocycles. The summed E-state index contributed by atoms with van der Waals surface area (Å²) in [4.78, 5) is 28.3. The number of amides is 2. The average molecular weight is 538 g/mol. The Morgan fingerprint density at radius 2 is 1.72 bits per heavy atom. The Bertz CT molecular complexity index is 1150. The second kappa shape index (κ2) is 13.0. The molecule has 0 bridgehead atoms. The van der Waals surface area contributed by atoms with Crippen molar-refractivity contribution >= 4 is 39.1 Å². The molecule has 2 atom stereocenters. The van der Waals surface area contributed by atoms with Gasteiger partial charge in [0.1, 0.15) is 18.3 Å². The van der Waals surface area contributed by atoms with Gasteiger partial charge >= 0.3 is 0 Å². The molecule has 2 aromatic rings. The van der Waals surface area contributed by atoms with E-state index in [-0.39, 0.29) is 24.2 Å². The molecule has 2 rings (SSSR count). The van der Waals surface area contributed by atoms with E-state index in [4.69, 9.17) is 16.3 Å². The summed E-state index contributed by atoms with van der Waals surface area (Å²) in [5.74, 6) is -0.116. The van der Waals surface area contributed by atoms with Crippen molar-refractivity contribution in [2.24, 2.45) is 0 Å². The molecule has 0 saturated carbocycles. The summed E-state index contributed by atoms with van der Waals surface area (Å²) in [6, 6.07) is 11.2. The summed E-state index contributed by atoms with van der Waals surface area (Å²) in [6.45, 7) is 7.14. The Morgan fingerprint density at radius 1 is 1.08 bits per heavy atom. The Labute approximate surface area is 219 Å². The molecule has 198 valence electrons. The summed E-state index contributed by atoms with van der Waals surface area (Å²) in [5, 5.41) is 3.34. The molecule has 2 amide bonds. The summed E-state index contributed by atoms with van der Waals surface area (Å²) < 4.78 is 31.6. The van der Waals surface area contributed by atoms with Crippen LogP contribution >= 0.6 is 11.6 Å². The highest BCUT2D eigenvalue weighted by Crippen LogP contribution is 2.25. The van der Waals surface area contributed by atoms with Crippen molar-refractivity contribution in [1.29, 1.82) is 0 Å². The van der Waals surface area contributed by atoms with Gasteiger partial charge in [0.05, 0.1) is 19.1 Å². The van der Waals surface area contributed by atoms with Crippen molar-refractivity contribution in [2.45, 2.75) is 59.2 Å². The first kappa shape index (κ1) is 29.5. The molecule has 0 spiro atoms. The summed E-state index contributed by atoms with van der Waals surface area (Å²) in [5.41, 5.74) is 1.85. The molecule has 8 nitrogen and oxygen atoms in total. The van der Waals surface area contributed by atoms with Crippen LogP contribution in [0.4, 0.5) is 5.69 Å². The molecule has 0 saturated heterocycles. The van der Waals surface area contributed by atoms with Gasteiger partial charge in [0, 0.05) is 17.6 Å². The first-order valence-electron chi connectivity index (χ1n) is 11.9. The largest absolute Gasteiger partial charge is 0.497 e. The number of benzene rings is 2. The second-order valence-electron chi connectivity index (χ2n) is 8.81. The van der Waals surface area contributed by atoms with Crippen molar-refractivity contribution in [3.05, 3.63) is 58.6 Å². The Kier molecular flexibility index (Phi) is 10.6.